The fourth-order valence-electron chi connectivity index (χ4n) is 0.711. The molecule has 0 aliphatic carbocycles. The van der Waals surface area contributed by atoms with Gasteiger partial charge in [-0.15, -0.1) is 0 Å². The van der Waals surface area contributed by atoms with Gasteiger partial charge in [-0.25, -0.2) is 0 Å². The maximum atomic E-state index is 12.0. The van der Waals surface area contributed by atoms with Crippen LogP contribution in [0.15, 0.2) is 0 Å². The number of hydrogen-bond acceptors (Lipinski definition) is 1. The molecule has 1 N–H and O–H groups in total. The molecule has 0 aromatic heterocycles. The van der Waals surface area contributed by atoms with Gasteiger partial charge in [-0.3, -0.25) is 0 Å². The Morgan fingerprint density at radius 1 is 1.25 bits per heavy atom. The standard InChI is InChI=1S/C8H15F3O/c1-6(2)4-5-7(3,12)8(9,10)11/h6,12H,4-5H2,1-3H3/t7-/m1/s1. The van der Waals surface area contributed by atoms with E-state index in [2.05, 4.69) is 0 Å². The molecule has 74 valence electrons. The molecule has 0 radical (unpaired) electrons. The van der Waals surface area contributed by atoms with E-state index in [1.54, 1.807) is 0 Å². The Kier molecular flexibility index (Phi) is 3.57. The summed E-state index contributed by atoms with van der Waals surface area (Å²) in [6, 6.07) is 0. The second-order valence-corrected chi connectivity index (χ2v) is 3.70. The van der Waals surface area contributed by atoms with Gasteiger partial charge >= 0.3 is 6.18 Å². The summed E-state index contributed by atoms with van der Waals surface area (Å²) in [6.45, 7) is 4.47. The third kappa shape index (κ3) is 3.43. The molecular weight excluding hydrogens is 169 g/mol. The van der Waals surface area contributed by atoms with Crippen LogP contribution in [0.1, 0.15) is 33.6 Å². The summed E-state index contributed by atoms with van der Waals surface area (Å²) in [6.07, 6.45) is -4.36. The lowest BCUT2D eigenvalue weighted by molar-refractivity contribution is -0.255. The first-order valence-corrected chi connectivity index (χ1v) is 3.96. The van der Waals surface area contributed by atoms with Crippen molar-refractivity contribution in [3.8, 4) is 0 Å². The fraction of sp³-hybridized carbons (Fsp3) is 1.00. The Morgan fingerprint density at radius 2 is 1.67 bits per heavy atom. The number of rotatable bonds is 3. The minimum Gasteiger partial charge on any atom is -0.381 e. The number of halogens is 3. The van der Waals surface area contributed by atoms with Crippen LogP contribution in [0, 0.1) is 5.92 Å². The van der Waals surface area contributed by atoms with Crippen LogP contribution >= 0.6 is 0 Å². The van der Waals surface area contributed by atoms with Crippen molar-refractivity contribution < 1.29 is 18.3 Å². The normalized spacial score (nSPS) is 18.0. The van der Waals surface area contributed by atoms with Gasteiger partial charge in [0.05, 0.1) is 0 Å². The van der Waals surface area contributed by atoms with E-state index in [1.807, 2.05) is 13.8 Å². The molecule has 0 aromatic carbocycles. The van der Waals surface area contributed by atoms with E-state index in [0.29, 0.717) is 6.42 Å². The zero-order valence-corrected chi connectivity index (χ0v) is 7.57. The molecule has 0 saturated carbocycles. The van der Waals surface area contributed by atoms with Gasteiger partial charge < -0.3 is 5.11 Å². The molecule has 1 nitrogen and oxygen atoms in total. The molecule has 0 unspecified atom stereocenters. The summed E-state index contributed by atoms with van der Waals surface area (Å²) in [5, 5.41) is 8.97. The van der Waals surface area contributed by atoms with Crippen molar-refractivity contribution in [3.05, 3.63) is 0 Å². The van der Waals surface area contributed by atoms with Gasteiger partial charge in [0, 0.05) is 0 Å². The first-order valence-electron chi connectivity index (χ1n) is 3.96. The minimum atomic E-state index is -4.51. The smallest absolute Gasteiger partial charge is 0.381 e. The first-order chi connectivity index (χ1) is 5.17. The van der Waals surface area contributed by atoms with Crippen LogP contribution < -0.4 is 0 Å². The van der Waals surface area contributed by atoms with Crippen LogP contribution in [0.4, 0.5) is 13.2 Å². The molecule has 0 aliphatic rings. The summed E-state index contributed by atoms with van der Waals surface area (Å²) in [5.41, 5.74) is -2.53. The fourth-order valence-corrected chi connectivity index (χ4v) is 0.711. The Hall–Kier alpha value is -0.250. The lowest BCUT2D eigenvalue weighted by Gasteiger charge is -2.26. The predicted octanol–water partition coefficient (Wildman–Crippen LogP) is 2.74. The van der Waals surface area contributed by atoms with Crippen LogP contribution in [-0.2, 0) is 0 Å². The van der Waals surface area contributed by atoms with Gasteiger partial charge in [-0.1, -0.05) is 13.8 Å². The highest BCUT2D eigenvalue weighted by Crippen LogP contribution is 2.34. The molecule has 12 heavy (non-hydrogen) atoms. The highest BCUT2D eigenvalue weighted by atomic mass is 19.4. The monoisotopic (exact) mass is 184 g/mol. The molecule has 0 heterocycles. The molecule has 0 saturated heterocycles. The van der Waals surface area contributed by atoms with Crippen molar-refractivity contribution in [2.75, 3.05) is 0 Å². The van der Waals surface area contributed by atoms with Gasteiger partial charge in [0.2, 0.25) is 0 Å². The Labute approximate surface area is 70.6 Å². The molecule has 0 rings (SSSR count). The van der Waals surface area contributed by atoms with E-state index in [9.17, 15) is 13.2 Å². The van der Waals surface area contributed by atoms with Gasteiger partial charge in [0.25, 0.3) is 0 Å². The Balaban J connectivity index is 4.05. The molecular formula is C8H15F3O. The molecule has 0 aromatic rings. The number of aliphatic hydroxyl groups is 1. The Morgan fingerprint density at radius 3 is 1.92 bits per heavy atom. The third-order valence-electron chi connectivity index (χ3n) is 1.82. The number of alkyl halides is 3. The van der Waals surface area contributed by atoms with E-state index < -0.39 is 11.8 Å². The second kappa shape index (κ2) is 3.64. The molecule has 0 bridgehead atoms. The van der Waals surface area contributed by atoms with E-state index in [0.717, 1.165) is 6.92 Å². The molecule has 1 atom stereocenters. The van der Waals surface area contributed by atoms with Gasteiger partial charge in [-0.05, 0) is 25.7 Å². The second-order valence-electron chi connectivity index (χ2n) is 3.70. The van der Waals surface area contributed by atoms with Gasteiger partial charge in [0.1, 0.15) is 0 Å². The molecule has 0 aliphatic heterocycles. The van der Waals surface area contributed by atoms with E-state index in [1.165, 1.54) is 0 Å². The van der Waals surface area contributed by atoms with E-state index in [-0.39, 0.29) is 12.3 Å². The zero-order valence-electron chi connectivity index (χ0n) is 7.57. The molecule has 4 heteroatoms. The van der Waals surface area contributed by atoms with Crippen molar-refractivity contribution in [3.63, 3.8) is 0 Å². The topological polar surface area (TPSA) is 20.2 Å². The maximum Gasteiger partial charge on any atom is 0.416 e. The van der Waals surface area contributed by atoms with Crippen molar-refractivity contribution in [2.24, 2.45) is 5.92 Å². The highest BCUT2D eigenvalue weighted by molar-refractivity contribution is 4.81. The molecule has 0 fully saturated rings. The molecule has 0 spiro atoms. The summed E-state index contributed by atoms with van der Waals surface area (Å²) < 4.78 is 36.1. The quantitative estimate of drug-likeness (QED) is 0.715. The summed E-state index contributed by atoms with van der Waals surface area (Å²) in [4.78, 5) is 0. The van der Waals surface area contributed by atoms with Crippen molar-refractivity contribution >= 4 is 0 Å². The predicted molar refractivity (Wildman–Crippen MR) is 40.8 cm³/mol. The van der Waals surface area contributed by atoms with Crippen LogP contribution in [0.25, 0.3) is 0 Å². The Bertz CT molecular complexity index is 138. The maximum absolute atomic E-state index is 12.0. The average Bonchev–Trinajstić information content (AvgIpc) is 1.81. The number of hydrogen-bond donors (Lipinski definition) is 1. The van der Waals surface area contributed by atoms with Crippen LogP contribution in [-0.4, -0.2) is 16.9 Å². The van der Waals surface area contributed by atoms with Crippen LogP contribution in [0.3, 0.4) is 0 Å². The highest BCUT2D eigenvalue weighted by Gasteiger charge is 2.49. The SMILES string of the molecule is CC(C)CC[C@@](C)(O)C(F)(F)F. The lowest BCUT2D eigenvalue weighted by atomic mass is 9.95. The van der Waals surface area contributed by atoms with Crippen LogP contribution in [0.2, 0.25) is 0 Å². The summed E-state index contributed by atoms with van der Waals surface area (Å²) in [7, 11) is 0. The lowest BCUT2D eigenvalue weighted by Crippen LogP contribution is -2.42. The minimum absolute atomic E-state index is 0.179. The van der Waals surface area contributed by atoms with Crippen molar-refractivity contribution in [1.82, 2.24) is 0 Å². The average molecular weight is 184 g/mol. The van der Waals surface area contributed by atoms with Gasteiger partial charge in [-0.2, -0.15) is 13.2 Å². The van der Waals surface area contributed by atoms with Crippen molar-refractivity contribution in [1.29, 1.82) is 0 Å². The molecule has 0 amide bonds. The largest absolute Gasteiger partial charge is 0.416 e. The van der Waals surface area contributed by atoms with Gasteiger partial charge in [0.15, 0.2) is 5.60 Å². The first kappa shape index (κ1) is 11.8. The van der Waals surface area contributed by atoms with Crippen molar-refractivity contribution in [2.45, 2.75) is 45.4 Å². The third-order valence-corrected chi connectivity index (χ3v) is 1.82. The van der Waals surface area contributed by atoms with Crippen LogP contribution in [0.5, 0.6) is 0 Å². The summed E-state index contributed by atoms with van der Waals surface area (Å²) in [5.74, 6) is 0.179. The van der Waals surface area contributed by atoms with E-state index >= 15 is 0 Å². The zero-order chi connectivity index (χ0) is 9.99. The summed E-state index contributed by atoms with van der Waals surface area (Å²) >= 11 is 0. The van der Waals surface area contributed by atoms with E-state index in [4.69, 9.17) is 5.11 Å².